The van der Waals surface area contributed by atoms with Crippen molar-refractivity contribution in [1.29, 1.82) is 0 Å². The van der Waals surface area contributed by atoms with Crippen LogP contribution >= 0.6 is 0 Å². The summed E-state index contributed by atoms with van der Waals surface area (Å²) < 4.78 is 0. The van der Waals surface area contributed by atoms with Crippen molar-refractivity contribution in [3.05, 3.63) is 0 Å². The molecule has 38 valence electrons. The van der Waals surface area contributed by atoms with E-state index in [1.165, 1.54) is 0 Å². The van der Waals surface area contributed by atoms with Crippen molar-refractivity contribution in [2.45, 2.75) is 0 Å². The van der Waals surface area contributed by atoms with E-state index >= 15 is 0 Å². The maximum atomic E-state index is 0. The number of rotatable bonds is 0. The second kappa shape index (κ2) is 202. The Labute approximate surface area is 43.7 Å². The van der Waals surface area contributed by atoms with Gasteiger partial charge in [-0.05, 0) is 0 Å². The van der Waals surface area contributed by atoms with E-state index in [0.29, 0.717) is 0 Å². The molecule has 0 rings (SSSR count). The van der Waals surface area contributed by atoms with E-state index < -0.39 is 0 Å². The summed E-state index contributed by atoms with van der Waals surface area (Å²) in [6.07, 6.45) is 0. The quantitative estimate of drug-likeness (QED) is 0.398. The SMILES string of the molecule is O.[Mo].[O-2].[O-2].[O-2]. The van der Waals surface area contributed by atoms with Gasteiger partial charge in [0.1, 0.15) is 0 Å². The van der Waals surface area contributed by atoms with E-state index in [2.05, 4.69) is 0 Å². The van der Waals surface area contributed by atoms with Gasteiger partial charge >= 0.3 is 0 Å². The Morgan fingerprint density at radius 1 is 0.600 bits per heavy atom. The Morgan fingerprint density at radius 2 is 0.600 bits per heavy atom. The minimum Gasteiger partial charge on any atom is -2.00 e. The summed E-state index contributed by atoms with van der Waals surface area (Å²) in [5.74, 6) is 0. The number of hydrogen-bond donors (Lipinski definition) is 0. The molecule has 0 fully saturated rings. The first-order valence-electron chi connectivity index (χ1n) is 0. The standard InChI is InChI=1S/Mo.H2O.3O/h;1H2;;;/q;;3*-2. The van der Waals surface area contributed by atoms with Crippen LogP contribution in [0.5, 0.6) is 0 Å². The Hall–Kier alpha value is 0.528. The smallest absolute Gasteiger partial charge is 0 e. The molecule has 5 heteroatoms. The van der Waals surface area contributed by atoms with Gasteiger partial charge in [-0.15, -0.1) is 0 Å². The molecule has 0 aliphatic carbocycles. The molecule has 5 heavy (non-hydrogen) atoms. The Bertz CT molecular complexity index is 3.61. The van der Waals surface area contributed by atoms with Crippen LogP contribution in [0.25, 0.3) is 0 Å². The Kier molecular flexibility index (Phi) is 16400. The number of hydrogen-bond acceptors (Lipinski definition) is 0. The molecule has 0 aromatic rings. The largest absolute Gasteiger partial charge is 2.00 e. The average Bonchev–Trinajstić information content (AvgIpc) is 0. The summed E-state index contributed by atoms with van der Waals surface area (Å²) in [4.78, 5) is 0. The van der Waals surface area contributed by atoms with Gasteiger partial charge in [-0.2, -0.15) is 0 Å². The first kappa shape index (κ1) is 406. The fourth-order valence-electron chi connectivity index (χ4n) is 0. The van der Waals surface area contributed by atoms with Gasteiger partial charge in [0.05, 0.1) is 0 Å². The van der Waals surface area contributed by atoms with Crippen LogP contribution < -0.4 is 0 Å². The van der Waals surface area contributed by atoms with Crippen molar-refractivity contribution in [3.8, 4) is 0 Å². The molecule has 0 atom stereocenters. The van der Waals surface area contributed by atoms with E-state index in [-0.39, 0.29) is 43.0 Å². The summed E-state index contributed by atoms with van der Waals surface area (Å²) in [6, 6.07) is 0. The van der Waals surface area contributed by atoms with E-state index in [1.54, 1.807) is 0 Å². The third kappa shape index (κ3) is 104. The second-order valence-corrected chi connectivity index (χ2v) is 0. The molecule has 4 nitrogen and oxygen atoms in total. The maximum Gasteiger partial charge on any atom is 0 e. The molecule has 0 saturated carbocycles. The van der Waals surface area contributed by atoms with E-state index in [1.807, 2.05) is 0 Å². The molecule has 0 aromatic heterocycles. The third-order valence-electron chi connectivity index (χ3n) is 0. The first-order valence-corrected chi connectivity index (χ1v) is 0. The van der Waals surface area contributed by atoms with Crippen LogP contribution in [0.3, 0.4) is 0 Å². The molecule has 0 saturated heterocycles. The summed E-state index contributed by atoms with van der Waals surface area (Å²) in [6.45, 7) is 0. The van der Waals surface area contributed by atoms with Crippen LogP contribution in [0.2, 0.25) is 0 Å². The van der Waals surface area contributed by atoms with Crippen molar-refractivity contribution in [2.75, 3.05) is 0 Å². The normalized spacial score (nSPS) is 0. The molecule has 0 radical (unpaired) electrons. The Morgan fingerprint density at radius 3 is 0.600 bits per heavy atom. The van der Waals surface area contributed by atoms with Gasteiger partial charge in [0.25, 0.3) is 0 Å². The van der Waals surface area contributed by atoms with E-state index in [9.17, 15) is 0 Å². The van der Waals surface area contributed by atoms with Gasteiger partial charge in [-0.3, -0.25) is 0 Å². The molecule has 2 N–H and O–H groups in total. The zero-order valence-corrected chi connectivity index (χ0v) is 4.14. The molecular weight excluding hydrogens is 160 g/mol. The molecular formula is H2MoO4-6. The van der Waals surface area contributed by atoms with E-state index in [0.717, 1.165) is 0 Å². The van der Waals surface area contributed by atoms with Crippen molar-refractivity contribution < 1.29 is 43.0 Å². The summed E-state index contributed by atoms with van der Waals surface area (Å²) in [5.41, 5.74) is 0. The zero-order chi connectivity index (χ0) is 0. The van der Waals surface area contributed by atoms with Crippen LogP contribution in [0, 0.1) is 0 Å². The van der Waals surface area contributed by atoms with Crippen LogP contribution in [-0.4, -0.2) is 5.48 Å². The first-order chi connectivity index (χ1) is 0. The molecule has 0 aliphatic heterocycles. The minimum atomic E-state index is 0. The molecule has 0 heterocycles. The van der Waals surface area contributed by atoms with Crippen molar-refractivity contribution in [1.82, 2.24) is 0 Å². The third-order valence-corrected chi connectivity index (χ3v) is 0. The topological polar surface area (TPSA) is 117 Å². The van der Waals surface area contributed by atoms with Crippen LogP contribution in [0.4, 0.5) is 0 Å². The summed E-state index contributed by atoms with van der Waals surface area (Å²) >= 11 is 0. The van der Waals surface area contributed by atoms with Crippen LogP contribution in [-0.2, 0) is 37.5 Å². The van der Waals surface area contributed by atoms with Gasteiger partial charge in [0, 0.05) is 21.1 Å². The second-order valence-electron chi connectivity index (χ2n) is 0. The van der Waals surface area contributed by atoms with Crippen molar-refractivity contribution in [3.63, 3.8) is 0 Å². The fourth-order valence-corrected chi connectivity index (χ4v) is 0. The van der Waals surface area contributed by atoms with Gasteiger partial charge < -0.3 is 21.9 Å². The van der Waals surface area contributed by atoms with Crippen LogP contribution in [0.1, 0.15) is 0 Å². The zero-order valence-electron chi connectivity index (χ0n) is 2.13. The molecule has 0 amide bonds. The van der Waals surface area contributed by atoms with Gasteiger partial charge in [-0.1, -0.05) is 0 Å². The molecule has 0 aliphatic rings. The average molecular weight is 162 g/mol. The molecule has 0 bridgehead atoms. The van der Waals surface area contributed by atoms with Crippen molar-refractivity contribution in [2.24, 2.45) is 0 Å². The Balaban J connectivity index is 0. The molecule has 0 spiro atoms. The molecule has 0 unspecified atom stereocenters. The summed E-state index contributed by atoms with van der Waals surface area (Å²) in [7, 11) is 0. The van der Waals surface area contributed by atoms with Crippen LogP contribution in [0.15, 0.2) is 0 Å². The summed E-state index contributed by atoms with van der Waals surface area (Å²) in [5, 5.41) is 0. The van der Waals surface area contributed by atoms with Gasteiger partial charge in [-0.25, -0.2) is 0 Å². The molecule has 0 aromatic carbocycles. The maximum absolute atomic E-state index is 0. The van der Waals surface area contributed by atoms with Gasteiger partial charge in [0.2, 0.25) is 0 Å². The predicted octanol–water partition coefficient (Wildman–Crippen LogP) is -1.18. The monoisotopic (exact) mass is 164 g/mol. The van der Waals surface area contributed by atoms with Crippen molar-refractivity contribution >= 4 is 0 Å². The fraction of sp³-hybridized carbons (Fsp3) is 0. The van der Waals surface area contributed by atoms with E-state index in [4.69, 9.17) is 0 Å². The van der Waals surface area contributed by atoms with Gasteiger partial charge in [0.15, 0.2) is 0 Å². The minimum absolute atomic E-state index is 0. The predicted molar refractivity (Wildman–Crippen MR) is 5.67 cm³/mol.